The minimum absolute atomic E-state index is 0.168. The summed E-state index contributed by atoms with van der Waals surface area (Å²) in [6.07, 6.45) is 1.68. The average molecular weight is 376 g/mol. The normalized spacial score (nSPS) is 10.8. The van der Waals surface area contributed by atoms with E-state index in [2.05, 4.69) is 5.32 Å². The summed E-state index contributed by atoms with van der Waals surface area (Å²) in [6.45, 7) is 0. The largest absolute Gasteiger partial charge is 0.317 e. The van der Waals surface area contributed by atoms with Gasteiger partial charge in [0.2, 0.25) is 0 Å². The van der Waals surface area contributed by atoms with E-state index in [1.54, 1.807) is 16.7 Å². The van der Waals surface area contributed by atoms with E-state index in [1.807, 2.05) is 48.5 Å². The van der Waals surface area contributed by atoms with Crippen LogP contribution in [-0.2, 0) is 4.79 Å². The molecule has 0 saturated carbocycles. The molecule has 0 spiro atoms. The number of fused-ring (bicyclic) bond motifs is 1. The van der Waals surface area contributed by atoms with E-state index >= 15 is 0 Å². The molecule has 0 atom stereocenters. The molecule has 0 fully saturated rings. The maximum absolute atomic E-state index is 13.8. The third-order valence-corrected chi connectivity index (χ3v) is 4.37. The van der Waals surface area contributed by atoms with Crippen LogP contribution in [0.25, 0.3) is 16.6 Å². The summed E-state index contributed by atoms with van der Waals surface area (Å²) < 4.78 is 28.5. The van der Waals surface area contributed by atoms with Crippen LogP contribution in [-0.4, -0.2) is 16.1 Å². The number of carbonyl (C=O) groups excluding carboxylic acids is 2. The first kappa shape index (κ1) is 17.6. The highest BCUT2D eigenvalue weighted by Crippen LogP contribution is 2.28. The van der Waals surface area contributed by atoms with Crippen molar-refractivity contribution in [2.75, 3.05) is 5.32 Å². The maximum atomic E-state index is 13.8. The van der Waals surface area contributed by atoms with E-state index in [4.69, 9.17) is 0 Å². The lowest BCUT2D eigenvalue weighted by molar-refractivity contribution is -0.112. The van der Waals surface area contributed by atoms with Gasteiger partial charge in [-0.1, -0.05) is 36.4 Å². The fourth-order valence-corrected chi connectivity index (χ4v) is 3.07. The molecule has 2 aromatic carbocycles. The lowest BCUT2D eigenvalue weighted by atomic mass is 10.0. The Morgan fingerprint density at radius 1 is 0.857 bits per heavy atom. The van der Waals surface area contributed by atoms with Gasteiger partial charge in [0.25, 0.3) is 11.7 Å². The van der Waals surface area contributed by atoms with Gasteiger partial charge in [0, 0.05) is 23.3 Å². The summed E-state index contributed by atoms with van der Waals surface area (Å²) in [7, 11) is 0. The minimum atomic E-state index is -1.01. The predicted molar refractivity (Wildman–Crippen MR) is 102 cm³/mol. The Morgan fingerprint density at radius 2 is 1.61 bits per heavy atom. The van der Waals surface area contributed by atoms with E-state index < -0.39 is 23.3 Å². The van der Waals surface area contributed by atoms with Crippen molar-refractivity contribution in [2.24, 2.45) is 0 Å². The number of halogens is 2. The zero-order valence-electron chi connectivity index (χ0n) is 14.5. The van der Waals surface area contributed by atoms with Gasteiger partial charge in [0.05, 0.1) is 5.69 Å². The van der Waals surface area contributed by atoms with E-state index in [0.717, 1.165) is 23.2 Å². The van der Waals surface area contributed by atoms with Crippen molar-refractivity contribution in [3.63, 3.8) is 0 Å². The third-order valence-electron chi connectivity index (χ3n) is 4.37. The molecular formula is C22H14F2N2O2. The van der Waals surface area contributed by atoms with E-state index in [9.17, 15) is 18.4 Å². The van der Waals surface area contributed by atoms with Crippen LogP contribution in [0.4, 0.5) is 14.5 Å². The van der Waals surface area contributed by atoms with Crippen molar-refractivity contribution in [1.29, 1.82) is 0 Å². The molecule has 138 valence electrons. The predicted octanol–water partition coefficient (Wildman–Crippen LogP) is 4.71. The molecule has 2 aromatic heterocycles. The number of aromatic nitrogens is 1. The summed E-state index contributed by atoms with van der Waals surface area (Å²) in [4.78, 5) is 25.5. The zero-order valence-corrected chi connectivity index (χ0v) is 14.5. The number of benzene rings is 2. The number of ketones is 1. The van der Waals surface area contributed by atoms with Crippen molar-refractivity contribution in [3.05, 3.63) is 96.3 Å². The number of nitrogens with one attached hydrogen (secondary N) is 1. The Hall–Kier alpha value is -3.80. The summed E-state index contributed by atoms with van der Waals surface area (Å²) in [5.41, 5.74) is 2.01. The number of carbonyl (C=O) groups is 2. The molecule has 4 aromatic rings. The topological polar surface area (TPSA) is 50.6 Å². The molecule has 2 heterocycles. The van der Waals surface area contributed by atoms with Crippen molar-refractivity contribution in [3.8, 4) is 11.1 Å². The SMILES string of the molecule is O=C(Nc1ccc(F)cc1F)C(=O)c1c(-c2ccccc2)cc2ccccn12. The van der Waals surface area contributed by atoms with Crippen molar-refractivity contribution >= 4 is 22.9 Å². The van der Waals surface area contributed by atoms with Gasteiger partial charge < -0.3 is 9.72 Å². The highest BCUT2D eigenvalue weighted by Gasteiger charge is 2.25. The average Bonchev–Trinajstić information content (AvgIpc) is 3.09. The molecule has 4 nitrogen and oxygen atoms in total. The van der Waals surface area contributed by atoms with Gasteiger partial charge in [-0.15, -0.1) is 0 Å². The Kier molecular flexibility index (Phi) is 4.45. The number of pyridine rings is 1. The fourth-order valence-electron chi connectivity index (χ4n) is 3.07. The van der Waals surface area contributed by atoms with Gasteiger partial charge in [0.1, 0.15) is 17.3 Å². The van der Waals surface area contributed by atoms with Gasteiger partial charge in [-0.05, 0) is 35.9 Å². The molecular weight excluding hydrogens is 362 g/mol. The molecule has 1 amide bonds. The number of hydrogen-bond acceptors (Lipinski definition) is 2. The molecule has 0 aliphatic rings. The van der Waals surface area contributed by atoms with Crippen molar-refractivity contribution in [1.82, 2.24) is 4.40 Å². The molecule has 6 heteroatoms. The number of Topliss-reactive ketones (excluding diaryl/α,β-unsaturated/α-hetero) is 1. The second-order valence-corrected chi connectivity index (χ2v) is 6.18. The first-order chi connectivity index (χ1) is 13.5. The summed E-state index contributed by atoms with van der Waals surface area (Å²) in [6, 6.07) is 19.1. The molecule has 4 rings (SSSR count). The smallest absolute Gasteiger partial charge is 0.298 e. The number of rotatable bonds is 4. The minimum Gasteiger partial charge on any atom is -0.317 e. The molecule has 0 saturated heterocycles. The highest BCUT2D eigenvalue weighted by molar-refractivity contribution is 6.47. The first-order valence-corrected chi connectivity index (χ1v) is 8.51. The molecule has 0 bridgehead atoms. The summed E-state index contributed by atoms with van der Waals surface area (Å²) >= 11 is 0. The molecule has 0 unspecified atom stereocenters. The Labute approximate surface area is 159 Å². The second kappa shape index (κ2) is 7.08. The fraction of sp³-hybridized carbons (Fsp3) is 0. The molecule has 1 N–H and O–H groups in total. The van der Waals surface area contributed by atoms with Crippen molar-refractivity contribution < 1.29 is 18.4 Å². The van der Waals surface area contributed by atoms with Gasteiger partial charge in [-0.2, -0.15) is 0 Å². The van der Waals surface area contributed by atoms with Crippen LogP contribution in [0.2, 0.25) is 0 Å². The van der Waals surface area contributed by atoms with Crippen LogP contribution in [0.5, 0.6) is 0 Å². The monoisotopic (exact) mass is 376 g/mol. The third kappa shape index (κ3) is 3.16. The number of hydrogen-bond donors (Lipinski definition) is 1. The molecule has 0 aliphatic carbocycles. The van der Waals surface area contributed by atoms with Crippen LogP contribution in [0.15, 0.2) is 79.0 Å². The number of anilines is 1. The van der Waals surface area contributed by atoms with Gasteiger partial charge >= 0.3 is 0 Å². The molecule has 28 heavy (non-hydrogen) atoms. The summed E-state index contributed by atoms with van der Waals surface area (Å²) in [5, 5.41) is 2.23. The van der Waals surface area contributed by atoms with Crippen LogP contribution < -0.4 is 5.32 Å². The molecule has 0 aliphatic heterocycles. The van der Waals surface area contributed by atoms with E-state index in [0.29, 0.717) is 11.6 Å². The van der Waals surface area contributed by atoms with Crippen LogP contribution >= 0.6 is 0 Å². The van der Waals surface area contributed by atoms with Gasteiger partial charge in [-0.25, -0.2) is 8.78 Å². The van der Waals surface area contributed by atoms with Crippen LogP contribution in [0.3, 0.4) is 0 Å². The zero-order chi connectivity index (χ0) is 19.7. The number of amides is 1. The van der Waals surface area contributed by atoms with Crippen LogP contribution in [0.1, 0.15) is 10.5 Å². The standard InChI is InChI=1S/C22H14F2N2O2/c23-15-9-10-19(18(24)12-15)25-22(28)21(27)20-17(14-6-2-1-3-7-14)13-16-8-4-5-11-26(16)20/h1-13H,(H,25,28). The van der Waals surface area contributed by atoms with Gasteiger partial charge in [0.15, 0.2) is 0 Å². The van der Waals surface area contributed by atoms with Crippen LogP contribution in [0, 0.1) is 11.6 Å². The Balaban J connectivity index is 1.77. The lowest BCUT2D eigenvalue weighted by Crippen LogP contribution is -2.25. The van der Waals surface area contributed by atoms with Crippen molar-refractivity contribution in [2.45, 2.75) is 0 Å². The second-order valence-electron chi connectivity index (χ2n) is 6.18. The Morgan fingerprint density at radius 3 is 2.36 bits per heavy atom. The number of nitrogens with zero attached hydrogens (tertiary/aromatic N) is 1. The van der Waals surface area contributed by atoms with E-state index in [-0.39, 0.29) is 11.4 Å². The lowest BCUT2D eigenvalue weighted by Gasteiger charge is -2.08. The Bertz CT molecular complexity index is 1200. The quantitative estimate of drug-likeness (QED) is 0.414. The van der Waals surface area contributed by atoms with E-state index in [1.165, 1.54) is 0 Å². The molecule has 0 radical (unpaired) electrons. The first-order valence-electron chi connectivity index (χ1n) is 8.51. The van der Waals surface area contributed by atoms with Gasteiger partial charge in [-0.3, -0.25) is 9.59 Å². The highest BCUT2D eigenvalue weighted by atomic mass is 19.1. The summed E-state index contributed by atoms with van der Waals surface area (Å²) in [5.74, 6) is -3.56. The maximum Gasteiger partial charge on any atom is 0.298 e.